The Kier molecular flexibility index (Phi) is 3.46. The van der Waals surface area contributed by atoms with Crippen molar-refractivity contribution in [1.82, 2.24) is 15.0 Å². The van der Waals surface area contributed by atoms with Crippen LogP contribution < -0.4 is 5.32 Å². The summed E-state index contributed by atoms with van der Waals surface area (Å²) in [7, 11) is 1.88. The molecule has 19 heavy (non-hydrogen) atoms. The smallest absolute Gasteiger partial charge is 0.144 e. The molecule has 1 aliphatic carbocycles. The summed E-state index contributed by atoms with van der Waals surface area (Å²) in [6.07, 6.45) is 4.92. The molecule has 0 unspecified atom stereocenters. The standard InChI is InChI=1S/C14H15BrN4/c1-16-14-12(15)13(9-5-6-9)18-11(19-14)8-10-4-2-3-7-17-10/h2-4,7,9H,5-6,8H2,1H3,(H,16,18,19). The number of nitrogens with one attached hydrogen (secondary N) is 1. The fourth-order valence-electron chi connectivity index (χ4n) is 2.05. The molecule has 0 bridgehead atoms. The maximum atomic E-state index is 4.70. The van der Waals surface area contributed by atoms with Crippen LogP contribution >= 0.6 is 15.9 Å². The third-order valence-electron chi connectivity index (χ3n) is 3.19. The number of anilines is 1. The minimum Gasteiger partial charge on any atom is -0.372 e. The number of pyridine rings is 1. The first-order chi connectivity index (χ1) is 9.28. The van der Waals surface area contributed by atoms with Crippen molar-refractivity contribution in [3.8, 4) is 0 Å². The minimum atomic E-state index is 0.590. The summed E-state index contributed by atoms with van der Waals surface area (Å²) in [4.78, 5) is 13.6. The first-order valence-corrected chi connectivity index (χ1v) is 7.21. The van der Waals surface area contributed by atoms with Crippen molar-refractivity contribution >= 4 is 21.7 Å². The molecule has 2 aromatic heterocycles. The lowest BCUT2D eigenvalue weighted by Gasteiger charge is -2.10. The maximum Gasteiger partial charge on any atom is 0.144 e. The zero-order valence-corrected chi connectivity index (χ0v) is 12.3. The molecule has 2 heterocycles. The van der Waals surface area contributed by atoms with Gasteiger partial charge in [0, 0.05) is 24.9 Å². The predicted molar refractivity (Wildman–Crippen MR) is 78.3 cm³/mol. The van der Waals surface area contributed by atoms with Crippen LogP contribution in [0.2, 0.25) is 0 Å². The van der Waals surface area contributed by atoms with E-state index in [4.69, 9.17) is 4.98 Å². The number of nitrogens with zero attached hydrogens (tertiary/aromatic N) is 3. The van der Waals surface area contributed by atoms with E-state index in [1.165, 1.54) is 12.8 Å². The Morgan fingerprint density at radius 1 is 1.32 bits per heavy atom. The van der Waals surface area contributed by atoms with Gasteiger partial charge in [0.15, 0.2) is 0 Å². The Morgan fingerprint density at radius 2 is 2.16 bits per heavy atom. The van der Waals surface area contributed by atoms with Crippen LogP contribution in [-0.4, -0.2) is 22.0 Å². The van der Waals surface area contributed by atoms with E-state index in [0.717, 1.165) is 27.5 Å². The molecule has 0 saturated heterocycles. The van der Waals surface area contributed by atoms with Gasteiger partial charge in [-0.3, -0.25) is 4.98 Å². The second-order valence-corrected chi connectivity index (χ2v) is 5.50. The zero-order valence-electron chi connectivity index (χ0n) is 10.7. The highest BCUT2D eigenvalue weighted by Gasteiger charge is 2.29. The largest absolute Gasteiger partial charge is 0.372 e. The zero-order chi connectivity index (χ0) is 13.2. The van der Waals surface area contributed by atoms with Crippen LogP contribution in [0.5, 0.6) is 0 Å². The fraction of sp³-hybridized carbons (Fsp3) is 0.357. The lowest BCUT2D eigenvalue weighted by atomic mass is 10.2. The number of halogens is 1. The van der Waals surface area contributed by atoms with E-state index in [2.05, 4.69) is 31.2 Å². The summed E-state index contributed by atoms with van der Waals surface area (Å²) in [6, 6.07) is 5.91. The van der Waals surface area contributed by atoms with Crippen LogP contribution in [0.3, 0.4) is 0 Å². The van der Waals surface area contributed by atoms with E-state index in [1.807, 2.05) is 25.2 Å². The van der Waals surface area contributed by atoms with Gasteiger partial charge in [0.05, 0.1) is 16.6 Å². The van der Waals surface area contributed by atoms with E-state index in [-0.39, 0.29) is 0 Å². The van der Waals surface area contributed by atoms with Crippen molar-refractivity contribution < 1.29 is 0 Å². The van der Waals surface area contributed by atoms with Crippen molar-refractivity contribution in [2.24, 2.45) is 0 Å². The van der Waals surface area contributed by atoms with Crippen molar-refractivity contribution in [2.75, 3.05) is 12.4 Å². The number of hydrogen-bond acceptors (Lipinski definition) is 4. The minimum absolute atomic E-state index is 0.590. The van der Waals surface area contributed by atoms with Gasteiger partial charge < -0.3 is 5.32 Å². The highest BCUT2D eigenvalue weighted by Crippen LogP contribution is 2.43. The first-order valence-electron chi connectivity index (χ1n) is 6.42. The predicted octanol–water partition coefficient (Wildman–Crippen LogP) is 3.14. The van der Waals surface area contributed by atoms with Gasteiger partial charge in [-0.05, 0) is 40.9 Å². The molecular formula is C14H15BrN4. The van der Waals surface area contributed by atoms with E-state index >= 15 is 0 Å². The number of hydrogen-bond donors (Lipinski definition) is 1. The lowest BCUT2D eigenvalue weighted by Crippen LogP contribution is -2.06. The Morgan fingerprint density at radius 3 is 2.79 bits per heavy atom. The van der Waals surface area contributed by atoms with Crippen LogP contribution in [0.15, 0.2) is 28.9 Å². The van der Waals surface area contributed by atoms with Crippen LogP contribution in [0.4, 0.5) is 5.82 Å². The highest BCUT2D eigenvalue weighted by atomic mass is 79.9. The summed E-state index contributed by atoms with van der Waals surface area (Å²) < 4.78 is 1.00. The van der Waals surface area contributed by atoms with E-state index in [1.54, 1.807) is 6.20 Å². The van der Waals surface area contributed by atoms with E-state index < -0.39 is 0 Å². The molecule has 4 nitrogen and oxygen atoms in total. The second kappa shape index (κ2) is 5.25. The molecule has 1 aliphatic rings. The topological polar surface area (TPSA) is 50.7 Å². The van der Waals surface area contributed by atoms with Crippen LogP contribution in [0.1, 0.15) is 36.0 Å². The Bertz CT molecular complexity index is 581. The summed E-state index contributed by atoms with van der Waals surface area (Å²) >= 11 is 3.60. The average Bonchev–Trinajstić information content (AvgIpc) is 3.26. The molecule has 1 N–H and O–H groups in total. The average molecular weight is 319 g/mol. The van der Waals surface area contributed by atoms with E-state index in [0.29, 0.717) is 12.3 Å². The van der Waals surface area contributed by atoms with Gasteiger partial charge >= 0.3 is 0 Å². The molecule has 5 heteroatoms. The Hall–Kier alpha value is -1.49. The second-order valence-electron chi connectivity index (χ2n) is 4.71. The first kappa shape index (κ1) is 12.5. The molecule has 3 rings (SSSR count). The van der Waals surface area contributed by atoms with Crippen molar-refractivity contribution in [3.05, 3.63) is 46.1 Å². The van der Waals surface area contributed by atoms with E-state index in [9.17, 15) is 0 Å². The molecule has 1 saturated carbocycles. The van der Waals surface area contributed by atoms with Crippen LogP contribution in [0.25, 0.3) is 0 Å². The molecule has 0 aromatic carbocycles. The summed E-state index contributed by atoms with van der Waals surface area (Å²) in [5, 5.41) is 3.13. The monoisotopic (exact) mass is 318 g/mol. The Balaban J connectivity index is 1.95. The van der Waals surface area contributed by atoms with Gasteiger partial charge in [-0.25, -0.2) is 9.97 Å². The molecule has 0 atom stereocenters. The van der Waals surface area contributed by atoms with Gasteiger partial charge in [-0.15, -0.1) is 0 Å². The fourth-order valence-corrected chi connectivity index (χ4v) is 2.75. The number of rotatable bonds is 4. The lowest BCUT2D eigenvalue weighted by molar-refractivity contribution is 0.877. The molecule has 1 fully saturated rings. The van der Waals surface area contributed by atoms with Crippen molar-refractivity contribution in [2.45, 2.75) is 25.2 Å². The summed E-state index contributed by atoms with van der Waals surface area (Å²) in [5.41, 5.74) is 2.12. The molecular weight excluding hydrogens is 304 g/mol. The normalized spacial score (nSPS) is 14.4. The maximum absolute atomic E-state index is 4.70. The highest BCUT2D eigenvalue weighted by molar-refractivity contribution is 9.10. The molecule has 0 aliphatic heterocycles. The summed E-state index contributed by atoms with van der Waals surface area (Å²) in [5.74, 6) is 2.28. The van der Waals surface area contributed by atoms with Gasteiger partial charge in [-0.2, -0.15) is 0 Å². The molecule has 0 amide bonds. The van der Waals surface area contributed by atoms with Gasteiger partial charge in [0.1, 0.15) is 11.6 Å². The third-order valence-corrected chi connectivity index (χ3v) is 3.97. The molecule has 0 radical (unpaired) electrons. The third kappa shape index (κ3) is 2.76. The van der Waals surface area contributed by atoms with Gasteiger partial charge in [0.25, 0.3) is 0 Å². The van der Waals surface area contributed by atoms with Crippen LogP contribution in [0, 0.1) is 0 Å². The van der Waals surface area contributed by atoms with Crippen molar-refractivity contribution in [1.29, 1.82) is 0 Å². The summed E-state index contributed by atoms with van der Waals surface area (Å²) in [6.45, 7) is 0. The Labute approximate surface area is 120 Å². The van der Waals surface area contributed by atoms with Gasteiger partial charge in [0.2, 0.25) is 0 Å². The van der Waals surface area contributed by atoms with Crippen molar-refractivity contribution in [3.63, 3.8) is 0 Å². The quantitative estimate of drug-likeness (QED) is 0.940. The molecule has 0 spiro atoms. The molecule has 98 valence electrons. The molecule has 2 aromatic rings. The SMILES string of the molecule is CNc1nc(Cc2ccccn2)nc(C2CC2)c1Br. The van der Waals surface area contributed by atoms with Crippen LogP contribution in [-0.2, 0) is 6.42 Å². The van der Waals surface area contributed by atoms with Gasteiger partial charge in [-0.1, -0.05) is 6.07 Å². The number of aromatic nitrogens is 3.